The lowest BCUT2D eigenvalue weighted by atomic mass is 9.92. The predicted octanol–water partition coefficient (Wildman–Crippen LogP) is 2.53. The first-order valence-corrected chi connectivity index (χ1v) is 8.18. The molecule has 1 unspecified atom stereocenters. The van der Waals surface area contributed by atoms with Crippen LogP contribution in [0.25, 0.3) is 10.9 Å². The van der Waals surface area contributed by atoms with Gasteiger partial charge in [0.05, 0.1) is 30.4 Å². The fourth-order valence-electron chi connectivity index (χ4n) is 3.13. The molecule has 1 atom stereocenters. The molecule has 0 aliphatic heterocycles. The fraction of sp³-hybridized carbons (Fsp3) is 0.444. The summed E-state index contributed by atoms with van der Waals surface area (Å²) in [6, 6.07) is 0.420. The lowest BCUT2D eigenvalue weighted by Crippen LogP contribution is -2.36. The summed E-state index contributed by atoms with van der Waals surface area (Å²) >= 11 is 0. The van der Waals surface area contributed by atoms with Crippen molar-refractivity contribution in [1.82, 2.24) is 9.55 Å². The molecule has 1 saturated carbocycles. The van der Waals surface area contributed by atoms with Crippen LogP contribution in [0.3, 0.4) is 0 Å². The van der Waals surface area contributed by atoms with Gasteiger partial charge in [-0.05, 0) is 33.3 Å². The maximum Gasteiger partial charge on any atom is 0.264 e. The molecule has 1 fully saturated rings. The third-order valence-corrected chi connectivity index (χ3v) is 4.14. The van der Waals surface area contributed by atoms with Crippen molar-refractivity contribution in [2.75, 3.05) is 5.32 Å². The lowest BCUT2D eigenvalue weighted by molar-refractivity contribution is -0.132. The predicted molar refractivity (Wildman–Crippen MR) is 92.4 cm³/mol. The Morgan fingerprint density at radius 2 is 2.08 bits per heavy atom. The molecule has 132 valence electrons. The van der Waals surface area contributed by atoms with Crippen molar-refractivity contribution in [3.05, 3.63) is 34.1 Å². The molecule has 0 amide bonds. The molecule has 0 bridgehead atoms. The number of Topliss-reactive ketones (excluding diaryl/α,β-unsaturated/α-hetero) is 2. The maximum absolute atomic E-state index is 13.9. The van der Waals surface area contributed by atoms with Gasteiger partial charge in [-0.25, -0.2) is 9.37 Å². The number of carbonyl (C=O) groups is 2. The molecule has 0 spiro atoms. The summed E-state index contributed by atoms with van der Waals surface area (Å²) in [6.07, 6.45) is -0.389. The Labute approximate surface area is 145 Å². The van der Waals surface area contributed by atoms with E-state index in [-0.39, 0.29) is 53.5 Å². The molecule has 7 heteroatoms. The van der Waals surface area contributed by atoms with E-state index in [2.05, 4.69) is 10.3 Å². The number of aromatic nitrogens is 2. The molecule has 0 saturated heterocycles. The number of benzene rings is 1. The van der Waals surface area contributed by atoms with E-state index in [0.717, 1.165) is 10.6 Å². The van der Waals surface area contributed by atoms with Crippen molar-refractivity contribution in [1.29, 1.82) is 0 Å². The van der Waals surface area contributed by atoms with E-state index in [1.807, 2.05) is 13.8 Å². The van der Waals surface area contributed by atoms with Crippen molar-refractivity contribution in [2.45, 2.75) is 52.1 Å². The Morgan fingerprint density at radius 1 is 1.36 bits per heavy atom. The number of nitrogens with zero attached hydrogens (tertiary/aromatic N) is 2. The molecule has 1 aromatic heterocycles. The van der Waals surface area contributed by atoms with Crippen LogP contribution in [0.2, 0.25) is 0 Å². The van der Waals surface area contributed by atoms with Gasteiger partial charge in [0.1, 0.15) is 17.4 Å². The highest BCUT2D eigenvalue weighted by Gasteiger charge is 2.31. The third kappa shape index (κ3) is 3.18. The Kier molecular flexibility index (Phi) is 4.07. The summed E-state index contributed by atoms with van der Waals surface area (Å²) in [5, 5.41) is 3.14. The van der Waals surface area contributed by atoms with Gasteiger partial charge in [-0.15, -0.1) is 0 Å². The molecule has 1 N–H and O–H groups in total. The number of halogens is 1. The number of anilines is 1. The number of hydrogen-bond acceptors (Lipinski definition) is 5. The maximum atomic E-state index is 13.9. The van der Waals surface area contributed by atoms with E-state index in [1.165, 1.54) is 13.0 Å². The van der Waals surface area contributed by atoms with Gasteiger partial charge in [-0.3, -0.25) is 19.0 Å². The molecule has 1 heterocycles. The van der Waals surface area contributed by atoms with Gasteiger partial charge < -0.3 is 5.32 Å². The minimum Gasteiger partial charge on any atom is -0.382 e. The SMILES string of the molecule is [2H]C1(n2c(C)nc3cc(F)cc(NC(C)C)c3c2=O)CCC(=O)CC1=O. The van der Waals surface area contributed by atoms with Crippen LogP contribution in [0.4, 0.5) is 10.1 Å². The van der Waals surface area contributed by atoms with Crippen molar-refractivity contribution in [2.24, 2.45) is 0 Å². The lowest BCUT2D eigenvalue weighted by Gasteiger charge is -2.24. The monoisotopic (exact) mass is 346 g/mol. The second kappa shape index (κ2) is 6.38. The van der Waals surface area contributed by atoms with Crippen LogP contribution in [0.15, 0.2) is 16.9 Å². The molecule has 2 aromatic rings. The second-order valence-electron chi connectivity index (χ2n) is 6.53. The minimum absolute atomic E-state index is 0.0552. The quantitative estimate of drug-likeness (QED) is 0.864. The largest absolute Gasteiger partial charge is 0.382 e. The topological polar surface area (TPSA) is 81.1 Å². The average molecular weight is 346 g/mol. The van der Waals surface area contributed by atoms with Crippen LogP contribution in [0.1, 0.15) is 46.3 Å². The Balaban J connectivity index is 2.31. The Morgan fingerprint density at radius 3 is 2.72 bits per heavy atom. The number of fused-ring (bicyclic) bond motifs is 1. The van der Waals surface area contributed by atoms with E-state index < -0.39 is 23.2 Å². The number of carbonyl (C=O) groups excluding carboxylic acids is 2. The van der Waals surface area contributed by atoms with E-state index in [1.54, 1.807) is 0 Å². The minimum atomic E-state index is -1.88. The van der Waals surface area contributed by atoms with Gasteiger partial charge in [-0.2, -0.15) is 0 Å². The van der Waals surface area contributed by atoms with Gasteiger partial charge in [0, 0.05) is 18.5 Å². The van der Waals surface area contributed by atoms with Gasteiger partial charge in [0.15, 0.2) is 5.78 Å². The van der Waals surface area contributed by atoms with Crippen molar-refractivity contribution >= 4 is 28.2 Å². The normalized spacial score (nSPS) is 21.7. The van der Waals surface area contributed by atoms with Crippen molar-refractivity contribution < 1.29 is 15.4 Å². The summed E-state index contributed by atoms with van der Waals surface area (Å²) in [6.45, 7) is 5.19. The molecule has 1 aromatic carbocycles. The zero-order valence-electron chi connectivity index (χ0n) is 15.4. The van der Waals surface area contributed by atoms with E-state index in [4.69, 9.17) is 1.37 Å². The number of hydrogen-bond donors (Lipinski definition) is 1. The van der Waals surface area contributed by atoms with Crippen molar-refractivity contribution in [3.8, 4) is 0 Å². The number of nitrogens with one attached hydrogen (secondary N) is 1. The number of aryl methyl sites for hydroxylation is 1. The molecule has 25 heavy (non-hydrogen) atoms. The number of ketones is 2. The Hall–Kier alpha value is -2.57. The molecule has 3 rings (SSSR count). The van der Waals surface area contributed by atoms with Crippen LogP contribution in [-0.2, 0) is 9.59 Å². The second-order valence-corrected chi connectivity index (χ2v) is 6.53. The molecule has 1 aliphatic rings. The Bertz CT molecular complexity index is 986. The smallest absolute Gasteiger partial charge is 0.264 e. The van der Waals surface area contributed by atoms with Crippen molar-refractivity contribution in [3.63, 3.8) is 0 Å². The first-order chi connectivity index (χ1) is 12.1. The first-order valence-electron chi connectivity index (χ1n) is 8.68. The van der Waals surface area contributed by atoms with Gasteiger partial charge >= 0.3 is 0 Å². The molecule has 6 nitrogen and oxygen atoms in total. The zero-order chi connectivity index (χ0) is 19.2. The van der Waals surface area contributed by atoms with E-state index in [9.17, 15) is 18.8 Å². The van der Waals surface area contributed by atoms with Gasteiger partial charge in [0.25, 0.3) is 5.56 Å². The highest BCUT2D eigenvalue weighted by Crippen LogP contribution is 2.26. The van der Waals surface area contributed by atoms with Crippen LogP contribution < -0.4 is 10.9 Å². The summed E-state index contributed by atoms with van der Waals surface area (Å²) in [4.78, 5) is 41.4. The van der Waals surface area contributed by atoms with Crippen LogP contribution >= 0.6 is 0 Å². The standard InChI is InChI=1S/C18H20FN3O3/c1-9(2)20-13-6-11(19)7-14-17(13)18(25)22(10(3)21-14)15-5-4-12(23)8-16(15)24/h6-7,9,15,20H,4-5,8H2,1-3H3/i15D. The van der Waals surface area contributed by atoms with E-state index >= 15 is 0 Å². The fourth-order valence-corrected chi connectivity index (χ4v) is 3.13. The highest BCUT2D eigenvalue weighted by atomic mass is 19.1. The van der Waals surface area contributed by atoms with Gasteiger partial charge in [-0.1, -0.05) is 0 Å². The van der Waals surface area contributed by atoms with E-state index in [0.29, 0.717) is 0 Å². The average Bonchev–Trinajstić information content (AvgIpc) is 2.50. The van der Waals surface area contributed by atoms with Crippen LogP contribution in [0, 0.1) is 12.7 Å². The summed E-state index contributed by atoms with van der Waals surface area (Å²) in [5.41, 5.74) is -0.160. The summed E-state index contributed by atoms with van der Waals surface area (Å²) in [7, 11) is 0. The molecular weight excluding hydrogens is 325 g/mol. The third-order valence-electron chi connectivity index (χ3n) is 4.14. The molecule has 0 radical (unpaired) electrons. The van der Waals surface area contributed by atoms with Crippen LogP contribution in [-0.4, -0.2) is 27.2 Å². The summed E-state index contributed by atoms with van der Waals surface area (Å²) in [5.74, 6) is -1.26. The zero-order valence-corrected chi connectivity index (χ0v) is 14.4. The van der Waals surface area contributed by atoms with Crippen LogP contribution in [0.5, 0.6) is 0 Å². The summed E-state index contributed by atoms with van der Waals surface area (Å²) < 4.78 is 23.6. The highest BCUT2D eigenvalue weighted by molar-refractivity contribution is 6.03. The first kappa shape index (κ1) is 15.9. The molecular formula is C18H20FN3O3. The number of rotatable bonds is 3. The van der Waals surface area contributed by atoms with Gasteiger partial charge in [0.2, 0.25) is 0 Å². The molecule has 1 aliphatic carbocycles.